The molecule has 0 saturated carbocycles. The van der Waals surface area contributed by atoms with Crippen molar-refractivity contribution in [2.75, 3.05) is 0 Å². The molecule has 0 fully saturated rings. The summed E-state index contributed by atoms with van der Waals surface area (Å²) in [6.45, 7) is 8.35. The van der Waals surface area contributed by atoms with Gasteiger partial charge in [0.05, 0.1) is 5.56 Å². The number of halogens is 3. The van der Waals surface area contributed by atoms with Crippen molar-refractivity contribution >= 4 is 12.9 Å². The summed E-state index contributed by atoms with van der Waals surface area (Å²) in [5.41, 5.74) is 0.317. The molecule has 0 aliphatic heterocycles. The van der Waals surface area contributed by atoms with E-state index in [0.29, 0.717) is 19.5 Å². The zero-order valence-electron chi connectivity index (χ0n) is 11.3. The number of nitrogens with zero attached hydrogens (tertiary/aromatic N) is 1. The van der Waals surface area contributed by atoms with E-state index < -0.39 is 11.7 Å². The van der Waals surface area contributed by atoms with Crippen molar-refractivity contribution in [2.24, 2.45) is 0 Å². The van der Waals surface area contributed by atoms with E-state index in [2.05, 4.69) is 32.5 Å². The van der Waals surface area contributed by atoms with E-state index in [4.69, 9.17) is 0 Å². The van der Waals surface area contributed by atoms with Crippen LogP contribution < -0.4 is 5.46 Å². The molecule has 5 heteroatoms. The summed E-state index contributed by atoms with van der Waals surface area (Å²) in [6.07, 6.45) is -4.26. The molecule has 1 rings (SSSR count). The molecule has 0 unspecified atom stereocenters. The second kappa shape index (κ2) is 5.78. The first-order chi connectivity index (χ1) is 8.21. The van der Waals surface area contributed by atoms with Crippen LogP contribution in [0, 0.1) is 0 Å². The number of hydrogen-bond donors (Lipinski definition) is 0. The zero-order chi connectivity index (χ0) is 13.9. The summed E-state index contributed by atoms with van der Waals surface area (Å²) in [5.74, 6) is 0. The van der Waals surface area contributed by atoms with Crippen LogP contribution in [0.3, 0.4) is 0 Å². The standard InChI is InChI=1S/C13H19BF3N/c1-9(2)18(10(3)4)14-12-7-5-11(6-8-12)13(15,16)17/h5-10,14H,1-4H3. The fourth-order valence-corrected chi connectivity index (χ4v) is 1.97. The maximum absolute atomic E-state index is 12.4. The van der Waals surface area contributed by atoms with Crippen LogP contribution in [0.5, 0.6) is 0 Å². The fourth-order valence-electron chi connectivity index (χ4n) is 1.97. The van der Waals surface area contributed by atoms with E-state index in [1.54, 1.807) is 12.1 Å². The van der Waals surface area contributed by atoms with Gasteiger partial charge in [-0.15, -0.1) is 0 Å². The van der Waals surface area contributed by atoms with Crippen molar-refractivity contribution in [3.8, 4) is 0 Å². The zero-order valence-corrected chi connectivity index (χ0v) is 11.3. The molecule has 0 radical (unpaired) electrons. The molecule has 0 saturated heterocycles. The van der Waals surface area contributed by atoms with Crippen molar-refractivity contribution < 1.29 is 13.2 Å². The highest BCUT2D eigenvalue weighted by Crippen LogP contribution is 2.28. The maximum atomic E-state index is 12.4. The lowest BCUT2D eigenvalue weighted by Crippen LogP contribution is -2.45. The van der Waals surface area contributed by atoms with Crippen molar-refractivity contribution in [1.82, 2.24) is 4.81 Å². The summed E-state index contributed by atoms with van der Waals surface area (Å²) < 4.78 is 37.3. The van der Waals surface area contributed by atoms with Gasteiger partial charge in [-0.2, -0.15) is 13.2 Å². The van der Waals surface area contributed by atoms with Gasteiger partial charge in [0.1, 0.15) is 0 Å². The van der Waals surface area contributed by atoms with Crippen LogP contribution in [0.15, 0.2) is 24.3 Å². The minimum Gasteiger partial charge on any atom is -0.337 e. The van der Waals surface area contributed by atoms with Crippen LogP contribution in [0.2, 0.25) is 0 Å². The predicted molar refractivity (Wildman–Crippen MR) is 70.3 cm³/mol. The van der Waals surface area contributed by atoms with E-state index >= 15 is 0 Å². The second-order valence-electron chi connectivity index (χ2n) is 5.05. The Kier molecular flexibility index (Phi) is 4.85. The number of alkyl halides is 3. The van der Waals surface area contributed by atoms with Gasteiger partial charge in [-0.25, -0.2) is 0 Å². The molecule has 0 aliphatic carbocycles. The third-order valence-corrected chi connectivity index (χ3v) is 2.97. The van der Waals surface area contributed by atoms with Gasteiger partial charge in [-0.1, -0.05) is 57.4 Å². The first-order valence-corrected chi connectivity index (χ1v) is 6.13. The van der Waals surface area contributed by atoms with E-state index in [0.717, 1.165) is 17.6 Å². The molecular weight excluding hydrogens is 238 g/mol. The Morgan fingerprint density at radius 3 is 1.72 bits per heavy atom. The molecule has 0 bridgehead atoms. The molecule has 0 amide bonds. The molecule has 1 aromatic carbocycles. The summed E-state index contributed by atoms with van der Waals surface area (Å²) in [4.78, 5) is 2.24. The molecular formula is C13H19BF3N. The molecule has 0 aromatic heterocycles. The van der Waals surface area contributed by atoms with Gasteiger partial charge in [-0.3, -0.25) is 0 Å². The van der Waals surface area contributed by atoms with Gasteiger partial charge >= 0.3 is 6.18 Å². The lowest BCUT2D eigenvalue weighted by atomic mass is 9.78. The van der Waals surface area contributed by atoms with Crippen LogP contribution in [-0.2, 0) is 6.18 Å². The Balaban J connectivity index is 2.80. The Labute approximate surface area is 107 Å². The highest BCUT2D eigenvalue weighted by atomic mass is 19.4. The largest absolute Gasteiger partial charge is 0.416 e. The molecule has 0 atom stereocenters. The SMILES string of the molecule is CC(C)N(Bc1ccc(C(F)(F)F)cc1)C(C)C. The molecule has 0 aliphatic rings. The van der Waals surface area contributed by atoms with Gasteiger partial charge in [0.2, 0.25) is 7.41 Å². The Bertz CT molecular complexity index is 363. The van der Waals surface area contributed by atoms with Crippen LogP contribution in [0.25, 0.3) is 0 Å². The summed E-state index contributed by atoms with van der Waals surface area (Å²) >= 11 is 0. The van der Waals surface area contributed by atoms with E-state index in [1.807, 2.05) is 0 Å². The normalized spacial score (nSPS) is 12.6. The van der Waals surface area contributed by atoms with E-state index in [1.165, 1.54) is 0 Å². The minimum atomic E-state index is -4.26. The highest BCUT2D eigenvalue weighted by molar-refractivity contribution is 6.50. The van der Waals surface area contributed by atoms with E-state index in [-0.39, 0.29) is 0 Å². The van der Waals surface area contributed by atoms with Crippen LogP contribution in [0.1, 0.15) is 33.3 Å². The molecule has 0 N–H and O–H groups in total. The highest BCUT2D eigenvalue weighted by Gasteiger charge is 2.30. The number of benzene rings is 1. The monoisotopic (exact) mass is 257 g/mol. The Hall–Kier alpha value is -0.965. The van der Waals surface area contributed by atoms with E-state index in [9.17, 15) is 13.2 Å². The van der Waals surface area contributed by atoms with Crippen molar-refractivity contribution in [3.63, 3.8) is 0 Å². The van der Waals surface area contributed by atoms with Crippen molar-refractivity contribution in [2.45, 2.75) is 46.0 Å². The first-order valence-electron chi connectivity index (χ1n) is 6.13. The van der Waals surface area contributed by atoms with Crippen LogP contribution >= 0.6 is 0 Å². The average Bonchev–Trinajstić information content (AvgIpc) is 2.24. The van der Waals surface area contributed by atoms with Crippen molar-refractivity contribution in [1.29, 1.82) is 0 Å². The summed E-state index contributed by atoms with van der Waals surface area (Å²) in [7, 11) is 0.674. The molecule has 1 nitrogen and oxygen atoms in total. The van der Waals surface area contributed by atoms with Gasteiger partial charge in [0.15, 0.2) is 0 Å². The number of rotatable bonds is 4. The summed E-state index contributed by atoms with van der Waals surface area (Å²) in [6, 6.07) is 6.14. The van der Waals surface area contributed by atoms with Gasteiger partial charge < -0.3 is 4.81 Å². The molecule has 0 heterocycles. The van der Waals surface area contributed by atoms with Gasteiger partial charge in [0, 0.05) is 0 Å². The lowest BCUT2D eigenvalue weighted by Gasteiger charge is -2.30. The molecule has 100 valence electrons. The first kappa shape index (κ1) is 15.1. The Morgan fingerprint density at radius 1 is 0.944 bits per heavy atom. The second-order valence-corrected chi connectivity index (χ2v) is 5.05. The predicted octanol–water partition coefficient (Wildman–Crippen LogP) is 2.80. The fraction of sp³-hybridized carbons (Fsp3) is 0.538. The number of hydrogen-bond acceptors (Lipinski definition) is 1. The Morgan fingerprint density at radius 2 is 1.39 bits per heavy atom. The van der Waals surface area contributed by atoms with Crippen LogP contribution in [-0.4, -0.2) is 24.3 Å². The molecule has 1 aromatic rings. The lowest BCUT2D eigenvalue weighted by molar-refractivity contribution is -0.137. The third kappa shape index (κ3) is 4.05. The van der Waals surface area contributed by atoms with Crippen molar-refractivity contribution in [3.05, 3.63) is 29.8 Å². The third-order valence-electron chi connectivity index (χ3n) is 2.97. The summed E-state index contributed by atoms with van der Waals surface area (Å²) in [5, 5.41) is 0. The van der Waals surface area contributed by atoms with Crippen LogP contribution in [0.4, 0.5) is 13.2 Å². The smallest absolute Gasteiger partial charge is 0.337 e. The maximum Gasteiger partial charge on any atom is 0.416 e. The molecule has 0 spiro atoms. The topological polar surface area (TPSA) is 3.24 Å². The quantitative estimate of drug-likeness (QED) is 0.750. The minimum absolute atomic E-state index is 0.368. The van der Waals surface area contributed by atoms with Gasteiger partial charge in [0.25, 0.3) is 0 Å². The molecule has 18 heavy (non-hydrogen) atoms. The average molecular weight is 257 g/mol. The van der Waals surface area contributed by atoms with Gasteiger partial charge in [-0.05, 0) is 12.1 Å².